The second-order valence-electron chi connectivity index (χ2n) is 8.17. The molecule has 1 aliphatic rings. The molecule has 0 radical (unpaired) electrons. The average Bonchev–Trinajstić information content (AvgIpc) is 3.40. The number of benzene rings is 1. The molecule has 1 atom stereocenters. The van der Waals surface area contributed by atoms with Crippen LogP contribution in [0.5, 0.6) is 0 Å². The molecule has 0 spiro atoms. The van der Waals surface area contributed by atoms with E-state index in [1.165, 1.54) is 22.3 Å². The first-order chi connectivity index (χ1) is 15.0. The lowest BCUT2D eigenvalue weighted by molar-refractivity contribution is -0.120. The molecule has 0 aliphatic carbocycles. The smallest absolute Gasteiger partial charge is 0.263 e. The van der Waals surface area contributed by atoms with Crippen LogP contribution in [0.3, 0.4) is 0 Å². The highest BCUT2D eigenvalue weighted by Crippen LogP contribution is 2.25. The van der Waals surface area contributed by atoms with E-state index in [1.54, 1.807) is 11.1 Å². The Morgan fingerprint density at radius 1 is 1.32 bits per heavy atom. The van der Waals surface area contributed by atoms with Gasteiger partial charge in [0.2, 0.25) is 5.91 Å². The van der Waals surface area contributed by atoms with Gasteiger partial charge < -0.3 is 10.3 Å². The second kappa shape index (κ2) is 9.62. The van der Waals surface area contributed by atoms with E-state index in [4.69, 9.17) is 0 Å². The van der Waals surface area contributed by atoms with Crippen molar-refractivity contribution in [2.24, 2.45) is 0 Å². The molecule has 2 N–H and O–H groups in total. The van der Waals surface area contributed by atoms with Crippen LogP contribution in [0.2, 0.25) is 0 Å². The van der Waals surface area contributed by atoms with Crippen LogP contribution in [0, 0.1) is 0 Å². The van der Waals surface area contributed by atoms with E-state index >= 15 is 0 Å². The number of aromatic amines is 1. The van der Waals surface area contributed by atoms with Crippen molar-refractivity contribution in [2.75, 3.05) is 31.6 Å². The molecule has 4 rings (SSSR count). The Morgan fingerprint density at radius 3 is 2.97 bits per heavy atom. The molecular formula is C23H29N5O2S. The van der Waals surface area contributed by atoms with Crippen LogP contribution < -0.4 is 10.2 Å². The highest BCUT2D eigenvalue weighted by molar-refractivity contribution is 7.17. The van der Waals surface area contributed by atoms with E-state index < -0.39 is 0 Å². The lowest BCUT2D eigenvalue weighted by atomic mass is 10.0. The Labute approximate surface area is 186 Å². The number of thiazole rings is 1. The number of likely N-dealkylation sites (N-methyl/N-ethyl adjacent to an activating group) is 1. The third-order valence-electron chi connectivity index (χ3n) is 5.74. The molecule has 7 nitrogen and oxygen atoms in total. The number of anilines is 1. The highest BCUT2D eigenvalue weighted by atomic mass is 32.1. The van der Waals surface area contributed by atoms with Crippen molar-refractivity contribution in [1.29, 1.82) is 0 Å². The van der Waals surface area contributed by atoms with E-state index in [1.807, 2.05) is 30.3 Å². The van der Waals surface area contributed by atoms with Gasteiger partial charge >= 0.3 is 0 Å². The van der Waals surface area contributed by atoms with E-state index in [-0.39, 0.29) is 17.9 Å². The SMILES string of the molecule is CCCCC(Cc1c[nH]c2ccccc12)NC(=O)c1cnc(N2CCN(C)CC2=O)s1. The number of carbonyl (C=O) groups excluding carboxylic acids is 2. The normalized spacial score (nSPS) is 16.1. The summed E-state index contributed by atoms with van der Waals surface area (Å²) in [5.74, 6) is -0.0958. The van der Waals surface area contributed by atoms with Crippen LogP contribution in [-0.4, -0.2) is 59.4 Å². The third-order valence-corrected chi connectivity index (χ3v) is 6.76. The molecular weight excluding hydrogens is 410 g/mol. The summed E-state index contributed by atoms with van der Waals surface area (Å²) in [6.45, 7) is 3.94. The maximum atomic E-state index is 13.0. The van der Waals surface area contributed by atoms with E-state index in [0.717, 1.165) is 37.7 Å². The number of carbonyl (C=O) groups is 2. The van der Waals surface area contributed by atoms with Gasteiger partial charge in [-0.1, -0.05) is 49.3 Å². The van der Waals surface area contributed by atoms with Crippen molar-refractivity contribution in [3.8, 4) is 0 Å². The van der Waals surface area contributed by atoms with Crippen LogP contribution in [0.1, 0.15) is 41.4 Å². The largest absolute Gasteiger partial charge is 0.361 e. The minimum absolute atomic E-state index is 0.0233. The number of hydrogen-bond acceptors (Lipinski definition) is 5. The number of piperazine rings is 1. The zero-order valence-electron chi connectivity index (χ0n) is 18.1. The molecule has 2 aromatic heterocycles. The maximum Gasteiger partial charge on any atom is 0.263 e. The summed E-state index contributed by atoms with van der Waals surface area (Å²) < 4.78 is 0. The lowest BCUT2D eigenvalue weighted by Crippen LogP contribution is -2.48. The maximum absolute atomic E-state index is 13.0. The third kappa shape index (κ3) is 4.97. The first-order valence-electron chi connectivity index (χ1n) is 10.9. The number of para-hydroxylation sites is 1. The van der Waals surface area contributed by atoms with Crippen LogP contribution in [0.15, 0.2) is 36.7 Å². The summed E-state index contributed by atoms with van der Waals surface area (Å²) in [7, 11) is 1.93. The molecule has 1 aromatic carbocycles. The number of fused-ring (bicyclic) bond motifs is 1. The molecule has 2 amide bonds. The lowest BCUT2D eigenvalue weighted by Gasteiger charge is -2.30. The molecule has 0 saturated carbocycles. The number of amides is 2. The predicted molar refractivity (Wildman–Crippen MR) is 125 cm³/mol. The first kappa shape index (κ1) is 21.5. The fourth-order valence-corrected chi connectivity index (χ4v) is 4.85. The topological polar surface area (TPSA) is 81.3 Å². The minimum Gasteiger partial charge on any atom is -0.361 e. The van der Waals surface area contributed by atoms with Gasteiger partial charge in [-0.3, -0.25) is 19.4 Å². The summed E-state index contributed by atoms with van der Waals surface area (Å²) in [5, 5.41) is 5.01. The number of nitrogens with zero attached hydrogens (tertiary/aromatic N) is 3. The molecule has 3 heterocycles. The van der Waals surface area contributed by atoms with Crippen LogP contribution in [0.4, 0.5) is 5.13 Å². The molecule has 1 unspecified atom stereocenters. The first-order valence-corrected chi connectivity index (χ1v) is 11.7. The summed E-state index contributed by atoms with van der Waals surface area (Å²) in [4.78, 5) is 37.2. The average molecular weight is 440 g/mol. The molecule has 164 valence electrons. The quantitative estimate of drug-likeness (QED) is 0.563. The van der Waals surface area contributed by atoms with Crippen LogP contribution in [0.25, 0.3) is 10.9 Å². The zero-order chi connectivity index (χ0) is 21.8. The predicted octanol–water partition coefficient (Wildman–Crippen LogP) is 3.43. The fraction of sp³-hybridized carbons (Fsp3) is 0.435. The second-order valence-corrected chi connectivity index (χ2v) is 9.18. The number of unbranched alkanes of at least 4 members (excludes halogenated alkanes) is 1. The molecule has 1 saturated heterocycles. The van der Waals surface area contributed by atoms with Crippen LogP contribution >= 0.6 is 11.3 Å². The van der Waals surface area contributed by atoms with Gasteiger partial charge in [-0.15, -0.1) is 0 Å². The van der Waals surface area contributed by atoms with Crippen molar-refractivity contribution in [3.05, 3.63) is 47.1 Å². The molecule has 1 aliphatic heterocycles. The number of H-pyrrole nitrogens is 1. The molecule has 1 fully saturated rings. The number of hydrogen-bond donors (Lipinski definition) is 2. The van der Waals surface area contributed by atoms with Gasteiger partial charge in [0.05, 0.1) is 12.7 Å². The highest BCUT2D eigenvalue weighted by Gasteiger charge is 2.26. The van der Waals surface area contributed by atoms with Gasteiger partial charge in [-0.25, -0.2) is 4.98 Å². The Balaban J connectivity index is 1.45. The summed E-state index contributed by atoms with van der Waals surface area (Å²) in [6.07, 6.45) is 7.46. The summed E-state index contributed by atoms with van der Waals surface area (Å²) in [5.41, 5.74) is 2.33. The minimum atomic E-state index is -0.119. The van der Waals surface area contributed by atoms with E-state index in [9.17, 15) is 9.59 Å². The molecule has 3 aromatic rings. The van der Waals surface area contributed by atoms with Gasteiger partial charge in [-0.2, -0.15) is 0 Å². The van der Waals surface area contributed by atoms with Crippen molar-refractivity contribution in [1.82, 2.24) is 20.2 Å². The molecule has 0 bridgehead atoms. The van der Waals surface area contributed by atoms with Gasteiger partial charge in [0.1, 0.15) is 4.88 Å². The van der Waals surface area contributed by atoms with E-state index in [2.05, 4.69) is 34.3 Å². The monoisotopic (exact) mass is 439 g/mol. The Kier molecular flexibility index (Phi) is 6.67. The number of rotatable bonds is 8. The van der Waals surface area contributed by atoms with Crippen molar-refractivity contribution in [3.63, 3.8) is 0 Å². The Hall–Kier alpha value is -2.71. The summed E-state index contributed by atoms with van der Waals surface area (Å²) in [6, 6.07) is 8.28. The molecule has 31 heavy (non-hydrogen) atoms. The zero-order valence-corrected chi connectivity index (χ0v) is 18.9. The summed E-state index contributed by atoms with van der Waals surface area (Å²) >= 11 is 1.29. The van der Waals surface area contributed by atoms with Gasteiger partial charge in [0, 0.05) is 36.2 Å². The van der Waals surface area contributed by atoms with Gasteiger partial charge in [-0.05, 0) is 31.5 Å². The fourth-order valence-electron chi connectivity index (χ4n) is 3.99. The number of nitrogens with one attached hydrogen (secondary N) is 2. The van der Waals surface area contributed by atoms with Crippen molar-refractivity contribution >= 4 is 39.2 Å². The van der Waals surface area contributed by atoms with Gasteiger partial charge in [0.25, 0.3) is 5.91 Å². The van der Waals surface area contributed by atoms with Gasteiger partial charge in [0.15, 0.2) is 5.13 Å². The molecule has 8 heteroatoms. The Bertz CT molecular complexity index is 1060. The standard InChI is InChI=1S/C23H29N5O2S/c1-3-4-7-17(12-16-13-24-19-9-6-5-8-18(16)19)26-22(30)20-14-25-23(31-20)28-11-10-27(2)15-21(28)29/h5-6,8-9,13-14,17,24H,3-4,7,10-12,15H2,1-2H3,(H,26,30). The Morgan fingerprint density at radius 2 is 2.16 bits per heavy atom. The number of aromatic nitrogens is 2. The van der Waals surface area contributed by atoms with Crippen LogP contribution in [-0.2, 0) is 11.2 Å². The van der Waals surface area contributed by atoms with Crippen molar-refractivity contribution < 1.29 is 9.59 Å². The van der Waals surface area contributed by atoms with E-state index in [0.29, 0.717) is 23.1 Å². The van der Waals surface area contributed by atoms with Crippen molar-refractivity contribution in [2.45, 2.75) is 38.6 Å².